The molecule has 84 valence electrons. The molecule has 0 bridgehead atoms. The summed E-state index contributed by atoms with van der Waals surface area (Å²) in [5, 5.41) is 20.0. The third-order valence-electron chi connectivity index (χ3n) is 1.82. The van der Waals surface area contributed by atoms with Crippen molar-refractivity contribution >= 4 is 17.7 Å². The number of aliphatic imine (C=N–C) groups is 1. The van der Waals surface area contributed by atoms with Gasteiger partial charge in [0.05, 0.1) is 6.34 Å². The summed E-state index contributed by atoms with van der Waals surface area (Å²) in [4.78, 5) is 3.73. The number of rotatable bonds is 3. The number of nitrogens with two attached hydrogens (primary N) is 2. The average Bonchev–Trinajstić information content (AvgIpc) is 2.36. The third kappa shape index (κ3) is 3.57. The van der Waals surface area contributed by atoms with Crippen LogP contribution in [-0.4, -0.2) is 6.34 Å². The molecule has 5 N–H and O–H groups in total. The van der Waals surface area contributed by atoms with Gasteiger partial charge in [-0.2, -0.15) is 10.5 Å². The summed E-state index contributed by atoms with van der Waals surface area (Å²) in [7, 11) is 0. The normalized spacial score (nSPS) is 11.4. The largest absolute Gasteiger partial charge is 0.399 e. The van der Waals surface area contributed by atoms with E-state index < -0.39 is 0 Å². The standard InChI is InChI=1S/C11H10N6/c12-5-10(15)11(6-13)17-7-16-9-3-1-8(14)2-4-9/h1-4,7H,14-15H2,(H,16,17)/b11-10-. The summed E-state index contributed by atoms with van der Waals surface area (Å²) in [6.07, 6.45) is 1.29. The van der Waals surface area contributed by atoms with E-state index in [0.717, 1.165) is 5.69 Å². The molecule has 0 aliphatic rings. The molecule has 0 fully saturated rings. The van der Waals surface area contributed by atoms with E-state index in [1.807, 2.05) is 0 Å². The Labute approximate surface area is 98.5 Å². The second-order valence-electron chi connectivity index (χ2n) is 3.01. The summed E-state index contributed by atoms with van der Waals surface area (Å²) in [6.45, 7) is 0. The first-order valence-electron chi connectivity index (χ1n) is 4.62. The summed E-state index contributed by atoms with van der Waals surface area (Å²) in [5.74, 6) is 0. The van der Waals surface area contributed by atoms with Crippen LogP contribution in [0.25, 0.3) is 0 Å². The van der Waals surface area contributed by atoms with Crippen LogP contribution in [0.5, 0.6) is 0 Å². The predicted octanol–water partition coefficient (Wildman–Crippen LogP) is 0.926. The van der Waals surface area contributed by atoms with Gasteiger partial charge in [-0.1, -0.05) is 0 Å². The Morgan fingerprint density at radius 2 is 1.88 bits per heavy atom. The molecule has 1 aromatic rings. The highest BCUT2D eigenvalue weighted by Gasteiger charge is 1.97. The van der Waals surface area contributed by atoms with Gasteiger partial charge in [0.15, 0.2) is 5.70 Å². The fraction of sp³-hybridized carbons (Fsp3) is 0. The molecule has 1 rings (SSSR count). The van der Waals surface area contributed by atoms with Crippen LogP contribution in [0, 0.1) is 22.7 Å². The molecule has 0 saturated heterocycles. The molecule has 0 amide bonds. The van der Waals surface area contributed by atoms with Crippen molar-refractivity contribution in [1.82, 2.24) is 0 Å². The first-order chi connectivity index (χ1) is 8.17. The number of nitriles is 2. The minimum absolute atomic E-state index is 0.129. The lowest BCUT2D eigenvalue weighted by Crippen LogP contribution is -2.00. The number of anilines is 2. The maximum atomic E-state index is 8.66. The highest BCUT2D eigenvalue weighted by Crippen LogP contribution is 2.09. The lowest BCUT2D eigenvalue weighted by molar-refractivity contribution is 1.27. The van der Waals surface area contributed by atoms with Crippen LogP contribution in [0.3, 0.4) is 0 Å². The van der Waals surface area contributed by atoms with Gasteiger partial charge < -0.3 is 16.8 Å². The van der Waals surface area contributed by atoms with Crippen LogP contribution in [-0.2, 0) is 0 Å². The van der Waals surface area contributed by atoms with Crippen LogP contribution in [0.4, 0.5) is 11.4 Å². The number of hydrogen-bond acceptors (Lipinski definition) is 5. The third-order valence-corrected chi connectivity index (χ3v) is 1.82. The summed E-state index contributed by atoms with van der Waals surface area (Å²) >= 11 is 0. The van der Waals surface area contributed by atoms with E-state index in [9.17, 15) is 0 Å². The van der Waals surface area contributed by atoms with Crippen molar-refractivity contribution in [2.75, 3.05) is 11.1 Å². The zero-order chi connectivity index (χ0) is 12.7. The average molecular weight is 226 g/mol. The van der Waals surface area contributed by atoms with Crippen LogP contribution in [0.2, 0.25) is 0 Å². The quantitative estimate of drug-likeness (QED) is 0.306. The summed E-state index contributed by atoms with van der Waals surface area (Å²) < 4.78 is 0. The molecule has 0 saturated carbocycles. The Morgan fingerprint density at radius 1 is 1.24 bits per heavy atom. The van der Waals surface area contributed by atoms with E-state index >= 15 is 0 Å². The molecule has 1 aromatic carbocycles. The van der Waals surface area contributed by atoms with Crippen molar-refractivity contribution in [2.45, 2.75) is 0 Å². The number of nitrogens with one attached hydrogen (secondary N) is 1. The van der Waals surface area contributed by atoms with E-state index in [2.05, 4.69) is 10.3 Å². The monoisotopic (exact) mass is 226 g/mol. The van der Waals surface area contributed by atoms with Gasteiger partial charge in [0.2, 0.25) is 0 Å². The van der Waals surface area contributed by atoms with Crippen LogP contribution in [0.1, 0.15) is 0 Å². The van der Waals surface area contributed by atoms with Crippen molar-refractivity contribution in [3.63, 3.8) is 0 Å². The Kier molecular flexibility index (Phi) is 4.11. The number of benzene rings is 1. The SMILES string of the molecule is N#C/C(N)=C(\C#N)N=CNc1ccc(N)cc1. The lowest BCUT2D eigenvalue weighted by atomic mass is 10.3. The number of nitrogens with zero attached hydrogens (tertiary/aromatic N) is 3. The molecule has 0 aromatic heterocycles. The van der Waals surface area contributed by atoms with Crippen LogP contribution in [0.15, 0.2) is 40.7 Å². The van der Waals surface area contributed by atoms with Crippen molar-refractivity contribution in [1.29, 1.82) is 10.5 Å². The first kappa shape index (κ1) is 12.1. The van der Waals surface area contributed by atoms with Crippen LogP contribution < -0.4 is 16.8 Å². The maximum Gasteiger partial charge on any atom is 0.175 e. The van der Waals surface area contributed by atoms with Crippen molar-refractivity contribution < 1.29 is 0 Å². The second kappa shape index (κ2) is 5.79. The van der Waals surface area contributed by atoms with Gasteiger partial charge in [0.1, 0.15) is 17.8 Å². The summed E-state index contributed by atoms with van der Waals surface area (Å²) in [6, 6.07) is 10.3. The van der Waals surface area contributed by atoms with E-state index in [1.165, 1.54) is 6.34 Å². The molecule has 17 heavy (non-hydrogen) atoms. The molecular formula is C11H10N6. The number of hydrogen-bond donors (Lipinski definition) is 3. The highest BCUT2D eigenvalue weighted by molar-refractivity contribution is 5.77. The molecule has 0 spiro atoms. The van der Waals surface area contributed by atoms with Crippen molar-refractivity contribution in [2.24, 2.45) is 10.7 Å². The topological polar surface area (TPSA) is 124 Å². The van der Waals surface area contributed by atoms with Crippen molar-refractivity contribution in [3.05, 3.63) is 35.7 Å². The number of allylic oxidation sites excluding steroid dienone is 2. The van der Waals surface area contributed by atoms with Gasteiger partial charge in [-0.05, 0) is 24.3 Å². The molecule has 0 atom stereocenters. The molecule has 0 unspecified atom stereocenters. The van der Waals surface area contributed by atoms with Gasteiger partial charge >= 0.3 is 0 Å². The Balaban J connectivity index is 2.72. The van der Waals surface area contributed by atoms with E-state index in [0.29, 0.717) is 5.69 Å². The zero-order valence-corrected chi connectivity index (χ0v) is 8.88. The fourth-order valence-electron chi connectivity index (χ4n) is 0.962. The fourth-order valence-corrected chi connectivity index (χ4v) is 0.962. The molecule has 0 heterocycles. The lowest BCUT2D eigenvalue weighted by Gasteiger charge is -1.99. The maximum absolute atomic E-state index is 8.66. The highest BCUT2D eigenvalue weighted by atomic mass is 14.9. The molecule has 0 aliphatic carbocycles. The Bertz CT molecular complexity index is 527. The number of nitrogen functional groups attached to an aromatic ring is 1. The van der Waals surface area contributed by atoms with Gasteiger partial charge in [-0.15, -0.1) is 0 Å². The zero-order valence-electron chi connectivity index (χ0n) is 8.88. The molecule has 6 heteroatoms. The van der Waals surface area contributed by atoms with E-state index in [1.54, 1.807) is 36.4 Å². The minimum atomic E-state index is -0.220. The molecule has 0 radical (unpaired) electrons. The Morgan fingerprint density at radius 3 is 2.41 bits per heavy atom. The van der Waals surface area contributed by atoms with Gasteiger partial charge in [0, 0.05) is 11.4 Å². The minimum Gasteiger partial charge on any atom is -0.399 e. The van der Waals surface area contributed by atoms with Gasteiger partial charge in [-0.25, -0.2) is 4.99 Å². The van der Waals surface area contributed by atoms with E-state index in [-0.39, 0.29) is 11.4 Å². The van der Waals surface area contributed by atoms with Gasteiger partial charge in [-0.3, -0.25) is 0 Å². The smallest absolute Gasteiger partial charge is 0.175 e. The second-order valence-corrected chi connectivity index (χ2v) is 3.01. The molecular weight excluding hydrogens is 216 g/mol. The van der Waals surface area contributed by atoms with Crippen molar-refractivity contribution in [3.8, 4) is 12.1 Å². The molecule has 6 nitrogen and oxygen atoms in total. The predicted molar refractivity (Wildman–Crippen MR) is 65.4 cm³/mol. The summed E-state index contributed by atoms with van der Waals surface area (Å²) in [5.41, 5.74) is 11.8. The van der Waals surface area contributed by atoms with Gasteiger partial charge in [0.25, 0.3) is 0 Å². The Hall–Kier alpha value is -2.99. The first-order valence-corrected chi connectivity index (χ1v) is 4.62. The van der Waals surface area contributed by atoms with E-state index in [4.69, 9.17) is 22.0 Å². The molecule has 0 aliphatic heterocycles. The van der Waals surface area contributed by atoms with Crippen LogP contribution >= 0.6 is 0 Å².